The molecule has 7 nitrogen and oxygen atoms in total. The number of anilines is 3. The molecule has 1 amide bonds. The Morgan fingerprint density at radius 3 is 2.61 bits per heavy atom. The number of aromatic nitrogens is 1. The number of nitrogens with one attached hydrogen (secondary N) is 2. The third-order valence-corrected chi connectivity index (χ3v) is 6.60. The predicted octanol–water partition coefficient (Wildman–Crippen LogP) is 6.68. The van der Waals surface area contributed by atoms with E-state index >= 15 is 0 Å². The van der Waals surface area contributed by atoms with E-state index in [9.17, 15) is 4.79 Å². The van der Waals surface area contributed by atoms with Crippen LogP contribution in [0, 0.1) is 0 Å². The van der Waals surface area contributed by atoms with Crippen molar-refractivity contribution in [2.75, 3.05) is 36.9 Å². The summed E-state index contributed by atoms with van der Waals surface area (Å²) in [5.74, 6) is 1.82. The van der Waals surface area contributed by atoms with Crippen molar-refractivity contribution in [3.63, 3.8) is 0 Å². The number of benzene rings is 2. The van der Waals surface area contributed by atoms with E-state index in [0.717, 1.165) is 46.2 Å². The molecule has 0 spiro atoms. The number of hydrogen-bond acceptors (Lipinski definition) is 7. The number of hydrogen-bond donors (Lipinski definition) is 2. The number of ether oxygens (including phenoxy) is 2. The van der Waals surface area contributed by atoms with Crippen LogP contribution < -0.4 is 20.1 Å². The van der Waals surface area contributed by atoms with Gasteiger partial charge in [0, 0.05) is 35.6 Å². The summed E-state index contributed by atoms with van der Waals surface area (Å²) < 4.78 is 13.0. The van der Waals surface area contributed by atoms with Crippen molar-refractivity contribution in [3.05, 3.63) is 79.6 Å². The van der Waals surface area contributed by atoms with Gasteiger partial charge >= 0.3 is 0 Å². The first-order valence-electron chi connectivity index (χ1n) is 11.9. The number of pyridine rings is 1. The molecule has 0 saturated carbocycles. The molecule has 0 radical (unpaired) electrons. The molecule has 2 N–H and O–H groups in total. The van der Waals surface area contributed by atoms with Gasteiger partial charge in [-0.2, -0.15) is 0 Å². The third kappa shape index (κ3) is 6.62. The maximum Gasteiger partial charge on any atom is 0.247 e. The highest BCUT2D eigenvalue weighted by atomic mass is 32.1. The summed E-state index contributed by atoms with van der Waals surface area (Å²) in [5.41, 5.74) is 1.60. The Kier molecular flexibility index (Phi) is 8.54. The van der Waals surface area contributed by atoms with Crippen LogP contribution in [-0.4, -0.2) is 42.0 Å². The monoisotopic (exact) mass is 502 g/mol. The van der Waals surface area contributed by atoms with Gasteiger partial charge in [-0.05, 0) is 61.6 Å². The minimum absolute atomic E-state index is 0.274. The lowest BCUT2D eigenvalue weighted by Gasteiger charge is -2.18. The number of rotatable bonds is 12. The molecule has 4 rings (SSSR count). The molecule has 0 aliphatic carbocycles. The van der Waals surface area contributed by atoms with E-state index in [0.29, 0.717) is 23.8 Å². The van der Waals surface area contributed by atoms with E-state index in [1.54, 1.807) is 29.7 Å². The van der Waals surface area contributed by atoms with Gasteiger partial charge in [0.2, 0.25) is 5.91 Å². The van der Waals surface area contributed by atoms with Gasteiger partial charge in [0.15, 0.2) is 5.75 Å². The van der Waals surface area contributed by atoms with Crippen LogP contribution in [0.4, 0.5) is 16.4 Å². The van der Waals surface area contributed by atoms with Gasteiger partial charge in [-0.25, -0.2) is 0 Å². The average Bonchev–Trinajstić information content (AvgIpc) is 3.31. The van der Waals surface area contributed by atoms with E-state index in [1.165, 1.54) is 6.08 Å². The zero-order valence-corrected chi connectivity index (χ0v) is 21.3. The predicted molar refractivity (Wildman–Crippen MR) is 148 cm³/mol. The quantitative estimate of drug-likeness (QED) is 0.211. The summed E-state index contributed by atoms with van der Waals surface area (Å²) in [5, 5.41) is 8.13. The van der Waals surface area contributed by atoms with Crippen molar-refractivity contribution < 1.29 is 14.3 Å². The highest BCUT2D eigenvalue weighted by molar-refractivity contribution is 7.22. The number of likely N-dealkylation sites (N-methyl/N-ethyl adjacent to an activating group) is 1. The molecule has 0 saturated heterocycles. The number of thiophene rings is 1. The fourth-order valence-corrected chi connectivity index (χ4v) is 4.61. The number of carbonyl (C=O) groups excluding carboxylic acids is 1. The smallest absolute Gasteiger partial charge is 0.247 e. The van der Waals surface area contributed by atoms with E-state index in [-0.39, 0.29) is 5.91 Å². The summed E-state index contributed by atoms with van der Waals surface area (Å²) in [7, 11) is 0. The summed E-state index contributed by atoms with van der Waals surface area (Å²) in [6.07, 6.45) is 4.75. The standard InChI is InChI=1S/C28H30N4O3S/c1-4-27(33)30-21-8-7-9-23(16-21)35-25-18-29-19-26-24(25)17-28(36-26)31-20-10-12-22(13-11-20)34-15-14-32(5-2)6-3/h4,7-13,16-19,31H,1,5-6,14-15H2,2-3H3,(H,30,33). The second-order valence-corrected chi connectivity index (χ2v) is 9.09. The van der Waals surface area contributed by atoms with Crippen LogP contribution in [0.5, 0.6) is 17.2 Å². The molecule has 2 aromatic heterocycles. The zero-order chi connectivity index (χ0) is 25.3. The van der Waals surface area contributed by atoms with Crippen LogP contribution in [0.2, 0.25) is 0 Å². The summed E-state index contributed by atoms with van der Waals surface area (Å²) in [6, 6.07) is 17.2. The third-order valence-electron chi connectivity index (χ3n) is 5.62. The SMILES string of the molecule is C=CC(=O)Nc1cccc(Oc2cncc3sc(Nc4ccc(OCCN(CC)CC)cc4)cc23)c1. The molecular formula is C28H30N4O3S. The van der Waals surface area contributed by atoms with E-state index in [2.05, 4.69) is 47.0 Å². The number of carbonyl (C=O) groups is 1. The minimum Gasteiger partial charge on any atom is -0.492 e. The second-order valence-electron chi connectivity index (χ2n) is 8.01. The van der Waals surface area contributed by atoms with Gasteiger partial charge in [-0.1, -0.05) is 26.5 Å². The van der Waals surface area contributed by atoms with Gasteiger partial charge in [0.05, 0.1) is 15.9 Å². The molecule has 2 heterocycles. The minimum atomic E-state index is -0.274. The lowest BCUT2D eigenvalue weighted by atomic mass is 10.2. The van der Waals surface area contributed by atoms with Crippen LogP contribution in [0.25, 0.3) is 10.1 Å². The van der Waals surface area contributed by atoms with Gasteiger partial charge in [-0.3, -0.25) is 9.78 Å². The summed E-state index contributed by atoms with van der Waals surface area (Å²) in [4.78, 5) is 18.3. The topological polar surface area (TPSA) is 75.7 Å². The number of fused-ring (bicyclic) bond motifs is 1. The lowest BCUT2D eigenvalue weighted by Crippen LogP contribution is -2.27. The van der Waals surface area contributed by atoms with Gasteiger partial charge in [0.25, 0.3) is 0 Å². The fourth-order valence-electron chi connectivity index (χ4n) is 3.65. The van der Waals surface area contributed by atoms with Crippen LogP contribution in [0.1, 0.15) is 13.8 Å². The van der Waals surface area contributed by atoms with Gasteiger partial charge in [0.1, 0.15) is 18.1 Å². The molecule has 4 aromatic rings. The first-order chi connectivity index (χ1) is 17.6. The highest BCUT2D eigenvalue weighted by Crippen LogP contribution is 2.38. The van der Waals surface area contributed by atoms with E-state index in [4.69, 9.17) is 9.47 Å². The summed E-state index contributed by atoms with van der Waals surface area (Å²) >= 11 is 1.60. The largest absolute Gasteiger partial charge is 0.492 e. The normalized spacial score (nSPS) is 10.9. The van der Waals surface area contributed by atoms with E-state index < -0.39 is 0 Å². The van der Waals surface area contributed by atoms with E-state index in [1.807, 2.05) is 42.6 Å². The molecule has 2 aromatic carbocycles. The molecule has 8 heteroatoms. The first-order valence-corrected chi connectivity index (χ1v) is 12.7. The van der Waals surface area contributed by atoms with Gasteiger partial charge in [-0.15, -0.1) is 11.3 Å². The molecule has 36 heavy (non-hydrogen) atoms. The van der Waals surface area contributed by atoms with Crippen LogP contribution in [0.3, 0.4) is 0 Å². The Morgan fingerprint density at radius 2 is 1.86 bits per heavy atom. The highest BCUT2D eigenvalue weighted by Gasteiger charge is 2.10. The van der Waals surface area contributed by atoms with Crippen LogP contribution in [0.15, 0.2) is 79.6 Å². The van der Waals surface area contributed by atoms with Crippen molar-refractivity contribution in [2.24, 2.45) is 0 Å². The Hall–Kier alpha value is -3.88. The maximum atomic E-state index is 11.6. The van der Waals surface area contributed by atoms with Gasteiger partial charge < -0.3 is 25.0 Å². The fraction of sp³-hybridized carbons (Fsp3) is 0.214. The number of amides is 1. The van der Waals surface area contributed by atoms with Crippen molar-refractivity contribution in [2.45, 2.75) is 13.8 Å². The molecule has 0 unspecified atom stereocenters. The number of nitrogens with zero attached hydrogens (tertiary/aromatic N) is 2. The van der Waals surface area contributed by atoms with Crippen molar-refractivity contribution >= 4 is 43.7 Å². The first kappa shape index (κ1) is 25.2. The Morgan fingerprint density at radius 1 is 1.06 bits per heavy atom. The second kappa shape index (κ2) is 12.2. The molecule has 0 fully saturated rings. The molecule has 186 valence electrons. The van der Waals surface area contributed by atoms with Crippen molar-refractivity contribution in [1.82, 2.24) is 9.88 Å². The lowest BCUT2D eigenvalue weighted by molar-refractivity contribution is -0.111. The van der Waals surface area contributed by atoms with Crippen molar-refractivity contribution in [3.8, 4) is 17.2 Å². The summed E-state index contributed by atoms with van der Waals surface area (Å²) in [6.45, 7) is 11.4. The molecule has 0 aliphatic heterocycles. The molecule has 0 bridgehead atoms. The Labute approximate surface area is 215 Å². The maximum absolute atomic E-state index is 11.6. The Balaban J connectivity index is 1.42. The molecule has 0 aliphatic rings. The zero-order valence-electron chi connectivity index (χ0n) is 20.5. The Bertz CT molecular complexity index is 1320. The van der Waals surface area contributed by atoms with Crippen LogP contribution in [-0.2, 0) is 4.79 Å². The van der Waals surface area contributed by atoms with Crippen molar-refractivity contribution in [1.29, 1.82) is 0 Å². The average molecular weight is 503 g/mol. The van der Waals surface area contributed by atoms with Crippen LogP contribution >= 0.6 is 11.3 Å². The molecule has 0 atom stereocenters. The molecular weight excluding hydrogens is 472 g/mol.